The third-order valence-corrected chi connectivity index (χ3v) is 4.20. The standard InChI is InChI=1S/C13H17N3OS2/c1-13(2,3)10-11(14)19-12(16-10)15-9(17)7-8-5-4-6-18-8/h4-6H,7,14H2,1-3H3,(H,15,16,17). The number of rotatable bonds is 3. The molecule has 4 nitrogen and oxygen atoms in total. The lowest BCUT2D eigenvalue weighted by molar-refractivity contribution is -0.115. The number of aromatic nitrogens is 1. The molecule has 2 aromatic heterocycles. The number of hydrogen-bond acceptors (Lipinski definition) is 5. The largest absolute Gasteiger partial charge is 0.389 e. The van der Waals surface area contributed by atoms with Crippen LogP contribution in [0.4, 0.5) is 10.1 Å². The Morgan fingerprint density at radius 3 is 2.74 bits per heavy atom. The fraction of sp³-hybridized carbons (Fsp3) is 0.385. The van der Waals surface area contributed by atoms with Crippen LogP contribution in [0.3, 0.4) is 0 Å². The van der Waals surface area contributed by atoms with Crippen molar-refractivity contribution in [3.8, 4) is 0 Å². The van der Waals surface area contributed by atoms with Gasteiger partial charge in [0.25, 0.3) is 0 Å². The Balaban J connectivity index is 2.06. The summed E-state index contributed by atoms with van der Waals surface area (Å²) in [5.74, 6) is -0.0586. The van der Waals surface area contributed by atoms with E-state index in [2.05, 4.69) is 31.1 Å². The van der Waals surface area contributed by atoms with Gasteiger partial charge in [-0.25, -0.2) is 4.98 Å². The number of hydrogen-bond donors (Lipinski definition) is 2. The number of carbonyl (C=O) groups excluding carboxylic acids is 1. The second kappa shape index (κ2) is 5.30. The first-order chi connectivity index (χ1) is 8.86. The van der Waals surface area contributed by atoms with Crippen LogP contribution in [-0.2, 0) is 16.6 Å². The maximum absolute atomic E-state index is 11.9. The topological polar surface area (TPSA) is 68.0 Å². The van der Waals surface area contributed by atoms with Crippen molar-refractivity contribution in [2.45, 2.75) is 32.6 Å². The van der Waals surface area contributed by atoms with Crippen molar-refractivity contribution in [3.63, 3.8) is 0 Å². The number of nitrogen functional groups attached to an aromatic ring is 1. The van der Waals surface area contributed by atoms with Crippen LogP contribution in [0.2, 0.25) is 0 Å². The summed E-state index contributed by atoms with van der Waals surface area (Å²) < 4.78 is 0. The average Bonchev–Trinajstić information content (AvgIpc) is 2.87. The summed E-state index contributed by atoms with van der Waals surface area (Å²) in [6.45, 7) is 6.15. The summed E-state index contributed by atoms with van der Waals surface area (Å²) in [6.07, 6.45) is 0.377. The van der Waals surface area contributed by atoms with Gasteiger partial charge in [-0.3, -0.25) is 4.79 Å². The quantitative estimate of drug-likeness (QED) is 0.913. The molecule has 0 fully saturated rings. The van der Waals surface area contributed by atoms with Crippen LogP contribution >= 0.6 is 22.7 Å². The van der Waals surface area contributed by atoms with Gasteiger partial charge in [-0.2, -0.15) is 0 Å². The summed E-state index contributed by atoms with van der Waals surface area (Å²) in [6, 6.07) is 3.88. The van der Waals surface area contributed by atoms with E-state index in [1.807, 2.05) is 17.5 Å². The predicted octanol–water partition coefficient (Wildman–Crippen LogP) is 3.27. The Hall–Kier alpha value is -1.40. The Kier molecular flexibility index (Phi) is 3.91. The van der Waals surface area contributed by atoms with Gasteiger partial charge in [0, 0.05) is 10.3 Å². The SMILES string of the molecule is CC(C)(C)c1nc(NC(=O)Cc2cccs2)sc1N. The van der Waals surface area contributed by atoms with E-state index in [0.717, 1.165) is 10.6 Å². The molecule has 2 heterocycles. The van der Waals surface area contributed by atoms with Crippen LogP contribution in [0.5, 0.6) is 0 Å². The van der Waals surface area contributed by atoms with E-state index < -0.39 is 0 Å². The van der Waals surface area contributed by atoms with Gasteiger partial charge in [0.1, 0.15) is 5.00 Å². The average molecular weight is 295 g/mol. The number of thiazole rings is 1. The van der Waals surface area contributed by atoms with Crippen molar-refractivity contribution in [2.75, 3.05) is 11.1 Å². The molecule has 0 bridgehead atoms. The third-order valence-electron chi connectivity index (χ3n) is 2.53. The highest BCUT2D eigenvalue weighted by molar-refractivity contribution is 7.19. The molecular weight excluding hydrogens is 278 g/mol. The smallest absolute Gasteiger partial charge is 0.231 e. The summed E-state index contributed by atoms with van der Waals surface area (Å²) in [7, 11) is 0. The number of nitrogens with zero attached hydrogens (tertiary/aromatic N) is 1. The zero-order valence-corrected chi connectivity index (χ0v) is 12.8. The van der Waals surface area contributed by atoms with Crippen molar-refractivity contribution in [3.05, 3.63) is 28.1 Å². The lowest BCUT2D eigenvalue weighted by atomic mass is 9.93. The van der Waals surface area contributed by atoms with E-state index in [4.69, 9.17) is 5.73 Å². The second-order valence-corrected chi connectivity index (χ2v) is 7.35. The van der Waals surface area contributed by atoms with Crippen LogP contribution in [0.15, 0.2) is 17.5 Å². The molecular formula is C13H17N3OS2. The van der Waals surface area contributed by atoms with Crippen LogP contribution in [0.1, 0.15) is 31.3 Å². The number of nitrogens with one attached hydrogen (secondary N) is 1. The van der Waals surface area contributed by atoms with Gasteiger partial charge in [0.15, 0.2) is 5.13 Å². The third kappa shape index (κ3) is 3.54. The van der Waals surface area contributed by atoms with E-state index in [1.165, 1.54) is 11.3 Å². The number of anilines is 2. The maximum Gasteiger partial charge on any atom is 0.231 e. The van der Waals surface area contributed by atoms with Crippen molar-refractivity contribution in [2.24, 2.45) is 0 Å². The molecule has 0 saturated carbocycles. The molecule has 3 N–H and O–H groups in total. The zero-order valence-electron chi connectivity index (χ0n) is 11.2. The molecule has 0 spiro atoms. The lowest BCUT2D eigenvalue weighted by Crippen LogP contribution is -2.16. The van der Waals surface area contributed by atoms with Crippen molar-refractivity contribution < 1.29 is 4.79 Å². The van der Waals surface area contributed by atoms with Gasteiger partial charge in [-0.1, -0.05) is 38.2 Å². The predicted molar refractivity (Wildman–Crippen MR) is 81.9 cm³/mol. The van der Waals surface area contributed by atoms with Crippen molar-refractivity contribution in [1.29, 1.82) is 0 Å². The molecule has 0 aromatic carbocycles. The number of amides is 1. The molecule has 0 unspecified atom stereocenters. The Morgan fingerprint density at radius 1 is 1.47 bits per heavy atom. The van der Waals surface area contributed by atoms with Gasteiger partial charge in [-0.05, 0) is 11.4 Å². The van der Waals surface area contributed by atoms with Gasteiger partial charge < -0.3 is 11.1 Å². The first kappa shape index (κ1) is 14.0. The highest BCUT2D eigenvalue weighted by Crippen LogP contribution is 2.33. The molecule has 102 valence electrons. The maximum atomic E-state index is 11.9. The molecule has 2 aromatic rings. The molecule has 0 radical (unpaired) electrons. The Labute approximate surface area is 120 Å². The fourth-order valence-electron chi connectivity index (χ4n) is 1.66. The second-order valence-electron chi connectivity index (χ2n) is 5.29. The minimum atomic E-state index is -0.114. The monoisotopic (exact) mass is 295 g/mol. The van der Waals surface area contributed by atoms with Gasteiger partial charge in [0.05, 0.1) is 12.1 Å². The van der Waals surface area contributed by atoms with Gasteiger partial charge in [0.2, 0.25) is 5.91 Å². The Morgan fingerprint density at radius 2 is 2.21 bits per heavy atom. The molecule has 0 aliphatic rings. The lowest BCUT2D eigenvalue weighted by Gasteiger charge is -2.15. The first-order valence-electron chi connectivity index (χ1n) is 5.95. The first-order valence-corrected chi connectivity index (χ1v) is 7.65. The molecule has 6 heteroatoms. The van der Waals surface area contributed by atoms with Crippen molar-refractivity contribution >= 4 is 38.7 Å². The summed E-state index contributed by atoms with van der Waals surface area (Å²) in [5, 5.41) is 6.01. The number of thiophene rings is 1. The Bertz CT molecular complexity index is 567. The minimum absolute atomic E-state index is 0.0586. The van der Waals surface area contributed by atoms with E-state index in [-0.39, 0.29) is 11.3 Å². The molecule has 0 saturated heterocycles. The molecule has 1 amide bonds. The van der Waals surface area contributed by atoms with Gasteiger partial charge in [-0.15, -0.1) is 11.3 Å². The summed E-state index contributed by atoms with van der Waals surface area (Å²) in [5.41, 5.74) is 6.67. The molecule has 0 atom stereocenters. The highest BCUT2D eigenvalue weighted by atomic mass is 32.1. The number of nitrogens with two attached hydrogens (primary N) is 1. The molecule has 0 aliphatic heterocycles. The number of carbonyl (C=O) groups is 1. The van der Waals surface area contributed by atoms with Crippen LogP contribution in [0, 0.1) is 0 Å². The molecule has 2 rings (SSSR count). The van der Waals surface area contributed by atoms with E-state index in [9.17, 15) is 4.79 Å². The fourth-order valence-corrected chi connectivity index (χ4v) is 3.32. The normalized spacial score (nSPS) is 11.5. The minimum Gasteiger partial charge on any atom is -0.389 e. The van der Waals surface area contributed by atoms with E-state index >= 15 is 0 Å². The van der Waals surface area contributed by atoms with Crippen molar-refractivity contribution in [1.82, 2.24) is 4.98 Å². The van der Waals surface area contributed by atoms with Gasteiger partial charge >= 0.3 is 0 Å². The van der Waals surface area contributed by atoms with Crippen LogP contribution in [-0.4, -0.2) is 10.9 Å². The summed E-state index contributed by atoms with van der Waals surface area (Å²) >= 11 is 2.89. The van der Waals surface area contributed by atoms with Crippen LogP contribution < -0.4 is 11.1 Å². The summed E-state index contributed by atoms with van der Waals surface area (Å²) in [4.78, 5) is 17.3. The van der Waals surface area contributed by atoms with Crippen LogP contribution in [0.25, 0.3) is 0 Å². The van der Waals surface area contributed by atoms with E-state index in [0.29, 0.717) is 16.6 Å². The van der Waals surface area contributed by atoms with E-state index in [1.54, 1.807) is 11.3 Å². The highest BCUT2D eigenvalue weighted by Gasteiger charge is 2.22. The zero-order chi connectivity index (χ0) is 14.0. The molecule has 19 heavy (non-hydrogen) atoms. The molecule has 0 aliphatic carbocycles.